The van der Waals surface area contributed by atoms with Gasteiger partial charge >= 0.3 is 0 Å². The molecule has 31 heavy (non-hydrogen) atoms. The van der Waals surface area contributed by atoms with Gasteiger partial charge in [-0.2, -0.15) is 0 Å². The maximum absolute atomic E-state index is 13.8. The van der Waals surface area contributed by atoms with Gasteiger partial charge in [-0.1, -0.05) is 49.2 Å². The predicted molar refractivity (Wildman–Crippen MR) is 135 cm³/mol. The Morgan fingerprint density at radius 1 is 1.06 bits per heavy atom. The molecule has 2 N–H and O–H groups in total. The van der Waals surface area contributed by atoms with Gasteiger partial charge in [-0.25, -0.2) is 12.8 Å². The van der Waals surface area contributed by atoms with Crippen LogP contribution in [-0.4, -0.2) is 34.2 Å². The molecule has 3 rings (SSSR count). The summed E-state index contributed by atoms with van der Waals surface area (Å²) in [5.41, 5.74) is 2.63. The summed E-state index contributed by atoms with van der Waals surface area (Å²) in [6, 6.07) is 14.8. The lowest BCUT2D eigenvalue weighted by Crippen LogP contribution is -2.44. The van der Waals surface area contributed by atoms with E-state index in [4.69, 9.17) is 0 Å². The fourth-order valence-electron chi connectivity index (χ4n) is 4.25. The van der Waals surface area contributed by atoms with Crippen molar-refractivity contribution in [2.75, 3.05) is 19.8 Å². The summed E-state index contributed by atoms with van der Waals surface area (Å²) in [5, 5.41) is 6.64. The van der Waals surface area contributed by atoms with Crippen LogP contribution >= 0.6 is 24.0 Å². The van der Waals surface area contributed by atoms with E-state index in [0.717, 1.165) is 19.4 Å². The average Bonchev–Trinajstić information content (AvgIpc) is 3.20. The average molecular weight is 559 g/mol. The number of aliphatic imine (C=N–C) groups is 1. The highest BCUT2D eigenvalue weighted by Gasteiger charge is 2.35. The number of hydrogen-bond acceptors (Lipinski definition) is 3. The minimum atomic E-state index is -3.21. The normalized spacial score (nSPS) is 15.9. The minimum absolute atomic E-state index is 0. The number of rotatable bonds is 7. The molecule has 0 unspecified atom stereocenters. The van der Waals surface area contributed by atoms with Crippen molar-refractivity contribution in [3.8, 4) is 0 Å². The van der Waals surface area contributed by atoms with Crippen molar-refractivity contribution in [1.82, 2.24) is 10.6 Å². The fraction of sp³-hybridized carbons (Fsp3) is 0.435. The van der Waals surface area contributed by atoms with Crippen molar-refractivity contribution in [2.24, 2.45) is 4.99 Å². The fourth-order valence-corrected chi connectivity index (χ4v) is 5.09. The molecule has 1 aliphatic carbocycles. The van der Waals surface area contributed by atoms with E-state index in [0.29, 0.717) is 23.6 Å². The van der Waals surface area contributed by atoms with Crippen LogP contribution in [-0.2, 0) is 27.5 Å². The van der Waals surface area contributed by atoms with Gasteiger partial charge in [0.05, 0.1) is 5.75 Å². The van der Waals surface area contributed by atoms with Crippen LogP contribution in [0.5, 0.6) is 0 Å². The lowest BCUT2D eigenvalue weighted by Gasteiger charge is -2.31. The molecule has 0 bridgehead atoms. The van der Waals surface area contributed by atoms with E-state index < -0.39 is 9.84 Å². The summed E-state index contributed by atoms with van der Waals surface area (Å²) >= 11 is 0. The molecule has 1 saturated carbocycles. The summed E-state index contributed by atoms with van der Waals surface area (Å²) in [6.45, 7) is 1.05. The van der Waals surface area contributed by atoms with Gasteiger partial charge in [0.15, 0.2) is 15.8 Å². The number of nitrogens with zero attached hydrogens (tertiary/aromatic N) is 1. The molecule has 2 aromatic rings. The Balaban J connectivity index is 0.00000341. The van der Waals surface area contributed by atoms with Crippen LogP contribution in [0.3, 0.4) is 0 Å². The van der Waals surface area contributed by atoms with Crippen molar-refractivity contribution in [1.29, 1.82) is 0 Å². The van der Waals surface area contributed by atoms with Crippen LogP contribution in [0.4, 0.5) is 4.39 Å². The molecule has 0 spiro atoms. The molecule has 170 valence electrons. The third-order valence-electron chi connectivity index (χ3n) is 5.80. The Labute approximate surface area is 201 Å². The molecule has 0 radical (unpaired) electrons. The molecule has 1 aliphatic rings. The van der Waals surface area contributed by atoms with E-state index in [1.807, 2.05) is 6.07 Å². The van der Waals surface area contributed by atoms with Gasteiger partial charge in [-0.3, -0.25) is 4.99 Å². The monoisotopic (exact) mass is 559 g/mol. The molecule has 0 amide bonds. The van der Waals surface area contributed by atoms with Crippen molar-refractivity contribution < 1.29 is 12.8 Å². The topological polar surface area (TPSA) is 70.6 Å². The molecule has 1 fully saturated rings. The Hall–Kier alpha value is -1.68. The summed E-state index contributed by atoms with van der Waals surface area (Å²) < 4.78 is 37.2. The molecule has 0 heterocycles. The van der Waals surface area contributed by atoms with Gasteiger partial charge < -0.3 is 10.6 Å². The summed E-state index contributed by atoms with van der Waals surface area (Å²) in [6.07, 6.45) is 5.85. The molecular weight excluding hydrogens is 528 g/mol. The van der Waals surface area contributed by atoms with Gasteiger partial charge in [0, 0.05) is 31.8 Å². The SMILES string of the molecule is CN=C(NCc1cc(F)ccc1CS(C)(=O)=O)NCC1(c2ccccc2)CCCC1.I. The molecule has 0 saturated heterocycles. The lowest BCUT2D eigenvalue weighted by atomic mass is 9.79. The third kappa shape index (κ3) is 7.17. The first-order valence-electron chi connectivity index (χ1n) is 10.3. The van der Waals surface area contributed by atoms with E-state index in [1.54, 1.807) is 7.05 Å². The third-order valence-corrected chi connectivity index (χ3v) is 6.63. The lowest BCUT2D eigenvalue weighted by molar-refractivity contribution is 0.431. The molecule has 0 aromatic heterocycles. The van der Waals surface area contributed by atoms with Gasteiger partial charge in [-0.15, -0.1) is 24.0 Å². The van der Waals surface area contributed by atoms with Crippen LogP contribution in [0, 0.1) is 5.82 Å². The second-order valence-electron chi connectivity index (χ2n) is 8.12. The number of guanidine groups is 1. The van der Waals surface area contributed by atoms with Crippen molar-refractivity contribution in [2.45, 2.75) is 43.4 Å². The summed E-state index contributed by atoms with van der Waals surface area (Å²) in [4.78, 5) is 4.30. The standard InChI is InChI=1S/C23H30FN3O2S.HI/c1-25-22(26-15-19-14-21(24)11-10-18(19)16-30(2,28)29)27-17-23(12-6-7-13-23)20-8-4-3-5-9-20;/h3-5,8-11,14H,6-7,12-13,15-17H2,1-2H3,(H2,25,26,27);1H. The highest BCUT2D eigenvalue weighted by atomic mass is 127. The van der Waals surface area contributed by atoms with Crippen molar-refractivity contribution >= 4 is 39.8 Å². The largest absolute Gasteiger partial charge is 0.356 e. The second kappa shape index (κ2) is 11.3. The number of nitrogens with one attached hydrogen (secondary N) is 2. The first-order valence-corrected chi connectivity index (χ1v) is 12.3. The zero-order chi connectivity index (χ0) is 21.6. The van der Waals surface area contributed by atoms with E-state index in [9.17, 15) is 12.8 Å². The van der Waals surface area contributed by atoms with Crippen molar-refractivity contribution in [3.63, 3.8) is 0 Å². The zero-order valence-electron chi connectivity index (χ0n) is 18.0. The quantitative estimate of drug-likeness (QED) is 0.304. The van der Waals surface area contributed by atoms with E-state index in [2.05, 4.69) is 39.9 Å². The van der Waals surface area contributed by atoms with Gasteiger partial charge in [0.1, 0.15) is 5.82 Å². The van der Waals surface area contributed by atoms with Gasteiger partial charge in [0.2, 0.25) is 0 Å². The Bertz CT molecular complexity index is 991. The number of halogens is 2. The highest BCUT2D eigenvalue weighted by Crippen LogP contribution is 2.40. The number of benzene rings is 2. The number of sulfone groups is 1. The molecule has 0 atom stereocenters. The van der Waals surface area contributed by atoms with Crippen LogP contribution < -0.4 is 10.6 Å². The first-order chi connectivity index (χ1) is 14.3. The molecule has 2 aromatic carbocycles. The Kier molecular flexibility index (Phi) is 9.29. The number of hydrogen-bond donors (Lipinski definition) is 2. The predicted octanol–water partition coefficient (Wildman–Crippen LogP) is 4.17. The first kappa shape index (κ1) is 25.6. The maximum atomic E-state index is 13.8. The van der Waals surface area contributed by atoms with Crippen LogP contribution in [0.25, 0.3) is 0 Å². The van der Waals surface area contributed by atoms with Gasteiger partial charge in [-0.05, 0) is 41.7 Å². The second-order valence-corrected chi connectivity index (χ2v) is 10.3. The molecule has 5 nitrogen and oxygen atoms in total. The van der Waals surface area contributed by atoms with Gasteiger partial charge in [0.25, 0.3) is 0 Å². The Morgan fingerprint density at radius 2 is 1.74 bits per heavy atom. The molecule has 0 aliphatic heterocycles. The van der Waals surface area contributed by atoms with Crippen LogP contribution in [0.2, 0.25) is 0 Å². The van der Waals surface area contributed by atoms with Crippen LogP contribution in [0.15, 0.2) is 53.5 Å². The zero-order valence-corrected chi connectivity index (χ0v) is 21.2. The van der Waals surface area contributed by atoms with E-state index in [-0.39, 0.29) is 41.0 Å². The Morgan fingerprint density at radius 3 is 2.35 bits per heavy atom. The summed E-state index contributed by atoms with van der Waals surface area (Å²) in [7, 11) is -1.52. The van der Waals surface area contributed by atoms with Crippen molar-refractivity contribution in [3.05, 3.63) is 71.0 Å². The maximum Gasteiger partial charge on any atom is 0.191 e. The highest BCUT2D eigenvalue weighted by molar-refractivity contribution is 14.0. The minimum Gasteiger partial charge on any atom is -0.356 e. The molecular formula is C23H31FIN3O2S. The summed E-state index contributed by atoms with van der Waals surface area (Å²) in [5.74, 6) is 0.112. The van der Waals surface area contributed by atoms with Crippen LogP contribution in [0.1, 0.15) is 42.4 Å². The smallest absolute Gasteiger partial charge is 0.191 e. The molecule has 8 heteroatoms. The van der Waals surface area contributed by atoms with E-state index in [1.165, 1.54) is 42.9 Å². The van der Waals surface area contributed by atoms with E-state index >= 15 is 0 Å².